The third-order valence-electron chi connectivity index (χ3n) is 4.52. The van der Waals surface area contributed by atoms with Crippen LogP contribution in [0.1, 0.15) is 10.4 Å². The Morgan fingerprint density at radius 3 is 2.39 bits per heavy atom. The van der Waals surface area contributed by atoms with Gasteiger partial charge in [0.05, 0.1) is 18.4 Å². The fourth-order valence-corrected chi connectivity index (χ4v) is 3.22. The quantitative estimate of drug-likeness (QED) is 0.631. The number of amides is 2. The molecule has 2 amide bonds. The first-order valence-corrected chi connectivity index (χ1v) is 9.15. The van der Waals surface area contributed by atoms with Gasteiger partial charge >= 0.3 is 17.8 Å². The van der Waals surface area contributed by atoms with Crippen molar-refractivity contribution in [2.24, 2.45) is 0 Å². The molecule has 0 aromatic heterocycles. The topological polar surface area (TPSA) is 78.9 Å². The Kier molecular flexibility index (Phi) is 6.16. The minimum Gasteiger partial charge on any atom is -0.465 e. The van der Waals surface area contributed by atoms with Gasteiger partial charge in [0.15, 0.2) is 0 Å². The van der Waals surface area contributed by atoms with Crippen molar-refractivity contribution in [3.05, 3.63) is 59.1 Å². The standard InChI is InChI=1S/C20H20ClN3O4/c1-28-20(27)16-7-2-3-8-17(16)22-18(25)19(26)24-11-9-23(10-12-24)15-6-4-5-14(21)13-15/h2-8,13H,9-12H2,1H3,(H,22,25). The lowest BCUT2D eigenvalue weighted by atomic mass is 10.1. The van der Waals surface area contributed by atoms with Crippen molar-refractivity contribution < 1.29 is 19.1 Å². The predicted octanol–water partition coefficient (Wildman–Crippen LogP) is 2.41. The highest BCUT2D eigenvalue weighted by Crippen LogP contribution is 2.21. The number of anilines is 2. The van der Waals surface area contributed by atoms with Gasteiger partial charge in [-0.05, 0) is 30.3 Å². The zero-order valence-corrected chi connectivity index (χ0v) is 16.1. The summed E-state index contributed by atoms with van der Waals surface area (Å²) in [5.41, 5.74) is 1.42. The van der Waals surface area contributed by atoms with Crippen molar-refractivity contribution in [2.75, 3.05) is 43.5 Å². The van der Waals surface area contributed by atoms with Crippen LogP contribution in [0.15, 0.2) is 48.5 Å². The number of rotatable bonds is 3. The van der Waals surface area contributed by atoms with E-state index in [0.29, 0.717) is 31.2 Å². The minimum absolute atomic E-state index is 0.192. The molecule has 8 heteroatoms. The first-order chi connectivity index (χ1) is 13.5. The van der Waals surface area contributed by atoms with E-state index >= 15 is 0 Å². The van der Waals surface area contributed by atoms with Crippen LogP contribution in [0, 0.1) is 0 Å². The Morgan fingerprint density at radius 2 is 1.71 bits per heavy atom. The second kappa shape index (κ2) is 8.75. The summed E-state index contributed by atoms with van der Waals surface area (Å²) in [5, 5.41) is 3.16. The number of benzene rings is 2. The zero-order valence-electron chi connectivity index (χ0n) is 15.4. The lowest BCUT2D eigenvalue weighted by Crippen LogP contribution is -2.51. The largest absolute Gasteiger partial charge is 0.465 e. The number of halogens is 1. The molecule has 0 atom stereocenters. The number of nitrogens with one attached hydrogen (secondary N) is 1. The van der Waals surface area contributed by atoms with E-state index in [1.807, 2.05) is 18.2 Å². The fraction of sp³-hybridized carbons (Fsp3) is 0.250. The number of nitrogens with zero attached hydrogens (tertiary/aromatic N) is 2. The summed E-state index contributed by atoms with van der Waals surface area (Å²) in [6, 6.07) is 13.9. The molecule has 1 aliphatic rings. The fourth-order valence-electron chi connectivity index (χ4n) is 3.04. The Hall–Kier alpha value is -3.06. The molecule has 0 radical (unpaired) electrons. The number of hydrogen-bond acceptors (Lipinski definition) is 5. The zero-order chi connectivity index (χ0) is 20.1. The van der Waals surface area contributed by atoms with Crippen molar-refractivity contribution in [2.45, 2.75) is 0 Å². The average Bonchev–Trinajstić information content (AvgIpc) is 2.73. The van der Waals surface area contributed by atoms with Crippen LogP contribution in [0.5, 0.6) is 0 Å². The third kappa shape index (κ3) is 4.43. The summed E-state index contributed by atoms with van der Waals surface area (Å²) >= 11 is 6.03. The van der Waals surface area contributed by atoms with Crippen LogP contribution >= 0.6 is 11.6 Å². The summed E-state index contributed by atoms with van der Waals surface area (Å²) < 4.78 is 4.70. The SMILES string of the molecule is COC(=O)c1ccccc1NC(=O)C(=O)N1CCN(c2cccc(Cl)c2)CC1. The highest BCUT2D eigenvalue weighted by molar-refractivity contribution is 6.39. The molecule has 0 bridgehead atoms. The lowest BCUT2D eigenvalue weighted by molar-refractivity contribution is -0.143. The van der Waals surface area contributed by atoms with Gasteiger partial charge in [-0.25, -0.2) is 4.79 Å². The summed E-state index contributed by atoms with van der Waals surface area (Å²) in [7, 11) is 1.26. The number of esters is 1. The Balaban J connectivity index is 1.61. The number of hydrogen-bond donors (Lipinski definition) is 1. The molecule has 0 spiro atoms. The smallest absolute Gasteiger partial charge is 0.339 e. The van der Waals surface area contributed by atoms with Gasteiger partial charge in [0.2, 0.25) is 0 Å². The first-order valence-electron chi connectivity index (χ1n) is 8.77. The number of carbonyl (C=O) groups is 3. The highest BCUT2D eigenvalue weighted by atomic mass is 35.5. The van der Waals surface area contributed by atoms with Crippen LogP contribution in [0.4, 0.5) is 11.4 Å². The maximum absolute atomic E-state index is 12.5. The van der Waals surface area contributed by atoms with Gasteiger partial charge in [-0.15, -0.1) is 0 Å². The van der Waals surface area contributed by atoms with Gasteiger partial charge in [-0.3, -0.25) is 9.59 Å². The van der Waals surface area contributed by atoms with Crippen molar-refractivity contribution in [3.8, 4) is 0 Å². The third-order valence-corrected chi connectivity index (χ3v) is 4.75. The van der Waals surface area contributed by atoms with Crippen LogP contribution in [0.25, 0.3) is 0 Å². The summed E-state index contributed by atoms with van der Waals surface area (Å²) in [6.07, 6.45) is 0. The molecule has 0 saturated carbocycles. The second-order valence-corrected chi connectivity index (χ2v) is 6.69. The second-order valence-electron chi connectivity index (χ2n) is 6.25. The van der Waals surface area contributed by atoms with Gasteiger partial charge in [0.25, 0.3) is 0 Å². The summed E-state index contributed by atoms with van der Waals surface area (Å²) in [5.74, 6) is -2.00. The predicted molar refractivity (Wildman–Crippen MR) is 107 cm³/mol. The molecule has 3 rings (SSSR count). The van der Waals surface area contributed by atoms with Crippen LogP contribution in [0.2, 0.25) is 5.02 Å². The van der Waals surface area contributed by atoms with E-state index in [4.69, 9.17) is 16.3 Å². The van der Waals surface area contributed by atoms with Crippen LogP contribution in [0.3, 0.4) is 0 Å². The number of piperazine rings is 1. The Bertz CT molecular complexity index is 895. The number of ether oxygens (including phenoxy) is 1. The van der Waals surface area contributed by atoms with E-state index in [9.17, 15) is 14.4 Å². The monoisotopic (exact) mass is 401 g/mol. The maximum Gasteiger partial charge on any atom is 0.339 e. The molecule has 1 saturated heterocycles. The summed E-state index contributed by atoms with van der Waals surface area (Å²) in [4.78, 5) is 40.3. The van der Waals surface area contributed by atoms with Crippen LogP contribution < -0.4 is 10.2 Å². The molecule has 0 aliphatic carbocycles. The lowest BCUT2D eigenvalue weighted by Gasteiger charge is -2.35. The minimum atomic E-state index is -0.785. The molecule has 7 nitrogen and oxygen atoms in total. The Labute approximate surface area is 167 Å². The molecule has 1 aliphatic heterocycles. The van der Waals surface area contributed by atoms with E-state index < -0.39 is 17.8 Å². The molecular weight excluding hydrogens is 382 g/mol. The van der Waals surface area contributed by atoms with E-state index in [2.05, 4.69) is 10.2 Å². The highest BCUT2D eigenvalue weighted by Gasteiger charge is 2.27. The number of methoxy groups -OCH3 is 1. The molecule has 1 heterocycles. The summed E-state index contributed by atoms with van der Waals surface area (Å²) in [6.45, 7) is 2.02. The maximum atomic E-state index is 12.5. The molecule has 1 N–H and O–H groups in total. The van der Waals surface area contributed by atoms with Crippen molar-refractivity contribution in [1.29, 1.82) is 0 Å². The normalized spacial score (nSPS) is 13.8. The van der Waals surface area contributed by atoms with E-state index in [1.165, 1.54) is 18.1 Å². The van der Waals surface area contributed by atoms with Crippen molar-refractivity contribution in [1.82, 2.24) is 4.90 Å². The van der Waals surface area contributed by atoms with Crippen LogP contribution in [-0.4, -0.2) is 56.0 Å². The van der Waals surface area contributed by atoms with E-state index in [0.717, 1.165) is 5.69 Å². The number of carbonyl (C=O) groups excluding carboxylic acids is 3. The molecule has 0 unspecified atom stereocenters. The van der Waals surface area contributed by atoms with Crippen molar-refractivity contribution >= 4 is 40.8 Å². The van der Waals surface area contributed by atoms with E-state index in [-0.39, 0.29) is 11.3 Å². The van der Waals surface area contributed by atoms with Gasteiger partial charge in [0, 0.05) is 36.9 Å². The van der Waals surface area contributed by atoms with E-state index in [1.54, 1.807) is 24.3 Å². The number of para-hydroxylation sites is 1. The van der Waals surface area contributed by atoms with Crippen LogP contribution in [-0.2, 0) is 14.3 Å². The van der Waals surface area contributed by atoms with Gasteiger partial charge in [0.1, 0.15) is 0 Å². The Morgan fingerprint density at radius 1 is 1.00 bits per heavy atom. The molecule has 28 heavy (non-hydrogen) atoms. The van der Waals surface area contributed by atoms with Crippen molar-refractivity contribution in [3.63, 3.8) is 0 Å². The average molecular weight is 402 g/mol. The van der Waals surface area contributed by atoms with Gasteiger partial charge < -0.3 is 19.9 Å². The molecule has 2 aromatic carbocycles. The first kappa shape index (κ1) is 19.7. The molecule has 2 aromatic rings. The molecular formula is C20H20ClN3O4. The van der Waals surface area contributed by atoms with Gasteiger partial charge in [-0.2, -0.15) is 0 Å². The van der Waals surface area contributed by atoms with Gasteiger partial charge in [-0.1, -0.05) is 29.8 Å². The molecule has 146 valence electrons. The molecule has 1 fully saturated rings.